The van der Waals surface area contributed by atoms with Gasteiger partial charge in [-0.25, -0.2) is 9.78 Å². The lowest BCUT2D eigenvalue weighted by molar-refractivity contribution is 0.0758. The first-order chi connectivity index (χ1) is 11.3. The third-order valence-electron chi connectivity index (χ3n) is 3.75. The standard InChI is InChI=1S/C16H13N3O4S/c1-6-15(24-7(2)18-6)14(22)11-12(20)8-4-3-5-9(19-16(17)23)10(8)13(11)21/h3-5,11H,1-2H3,(H3,17,19,23). The maximum Gasteiger partial charge on any atom is 0.316 e. The van der Waals surface area contributed by atoms with Crippen molar-refractivity contribution < 1.29 is 19.2 Å². The third-order valence-corrected chi connectivity index (χ3v) is 4.84. The van der Waals surface area contributed by atoms with Crippen molar-refractivity contribution in [2.75, 3.05) is 5.32 Å². The van der Waals surface area contributed by atoms with Crippen LogP contribution in [-0.2, 0) is 0 Å². The van der Waals surface area contributed by atoms with Gasteiger partial charge in [0.1, 0.15) is 5.92 Å². The first kappa shape index (κ1) is 16.0. The minimum absolute atomic E-state index is 0.0264. The summed E-state index contributed by atoms with van der Waals surface area (Å²) in [6.45, 7) is 3.41. The number of nitrogens with one attached hydrogen (secondary N) is 1. The topological polar surface area (TPSA) is 119 Å². The number of aryl methyl sites for hydroxylation is 2. The summed E-state index contributed by atoms with van der Waals surface area (Å²) in [5.41, 5.74) is 5.85. The number of fused-ring (bicyclic) bond motifs is 1. The fourth-order valence-electron chi connectivity index (χ4n) is 2.81. The fourth-order valence-corrected chi connectivity index (χ4v) is 3.70. The lowest BCUT2D eigenvalue weighted by Gasteiger charge is -2.07. The number of rotatable bonds is 3. The van der Waals surface area contributed by atoms with Gasteiger partial charge < -0.3 is 11.1 Å². The molecule has 8 heteroatoms. The van der Waals surface area contributed by atoms with Crippen LogP contribution in [0.2, 0.25) is 0 Å². The average molecular weight is 343 g/mol. The molecule has 1 aromatic heterocycles. The zero-order valence-electron chi connectivity index (χ0n) is 12.9. The second-order valence-corrected chi connectivity index (χ2v) is 6.59. The lowest BCUT2D eigenvalue weighted by Crippen LogP contribution is -2.26. The number of nitrogens with two attached hydrogens (primary N) is 1. The van der Waals surface area contributed by atoms with Gasteiger partial charge in [0.25, 0.3) is 0 Å². The molecule has 3 rings (SSSR count). The highest BCUT2D eigenvalue weighted by Crippen LogP contribution is 2.35. The van der Waals surface area contributed by atoms with E-state index < -0.39 is 29.3 Å². The number of nitrogens with zero attached hydrogens (tertiary/aromatic N) is 1. The molecule has 0 aliphatic heterocycles. The molecule has 0 bridgehead atoms. The van der Waals surface area contributed by atoms with Crippen LogP contribution in [0.3, 0.4) is 0 Å². The largest absolute Gasteiger partial charge is 0.351 e. The highest BCUT2D eigenvalue weighted by atomic mass is 32.1. The zero-order chi connectivity index (χ0) is 17.6. The lowest BCUT2D eigenvalue weighted by atomic mass is 9.97. The molecule has 1 atom stereocenters. The molecule has 2 amide bonds. The fraction of sp³-hybridized carbons (Fsp3) is 0.188. The van der Waals surface area contributed by atoms with Gasteiger partial charge in [0.15, 0.2) is 17.3 Å². The molecule has 1 heterocycles. The monoisotopic (exact) mass is 343 g/mol. The van der Waals surface area contributed by atoms with Gasteiger partial charge in [0.2, 0.25) is 0 Å². The van der Waals surface area contributed by atoms with E-state index in [2.05, 4.69) is 10.3 Å². The second-order valence-electron chi connectivity index (χ2n) is 5.39. The number of thiazole rings is 1. The van der Waals surface area contributed by atoms with Crippen LogP contribution in [0.25, 0.3) is 0 Å². The molecule has 1 aromatic carbocycles. The number of hydrogen-bond acceptors (Lipinski definition) is 6. The van der Waals surface area contributed by atoms with E-state index in [0.29, 0.717) is 15.6 Å². The number of carbonyl (C=O) groups excluding carboxylic acids is 4. The number of benzene rings is 1. The normalized spacial score (nSPS) is 16.2. The predicted molar refractivity (Wildman–Crippen MR) is 87.7 cm³/mol. The van der Waals surface area contributed by atoms with E-state index in [0.717, 1.165) is 11.3 Å². The van der Waals surface area contributed by atoms with Crippen molar-refractivity contribution in [2.45, 2.75) is 13.8 Å². The summed E-state index contributed by atoms with van der Waals surface area (Å²) in [7, 11) is 0. The Labute approximate surface area is 140 Å². The van der Waals surface area contributed by atoms with Crippen LogP contribution in [0.5, 0.6) is 0 Å². The Morgan fingerprint density at radius 1 is 1.21 bits per heavy atom. The van der Waals surface area contributed by atoms with Crippen LogP contribution in [-0.4, -0.2) is 28.4 Å². The highest BCUT2D eigenvalue weighted by Gasteiger charge is 2.45. The molecule has 0 saturated heterocycles. The number of carbonyl (C=O) groups is 4. The maximum absolute atomic E-state index is 12.7. The van der Waals surface area contributed by atoms with Crippen molar-refractivity contribution in [3.63, 3.8) is 0 Å². The molecule has 122 valence electrons. The molecule has 0 saturated carbocycles. The van der Waals surface area contributed by atoms with Gasteiger partial charge in [0, 0.05) is 5.56 Å². The van der Waals surface area contributed by atoms with Crippen molar-refractivity contribution in [1.82, 2.24) is 4.98 Å². The van der Waals surface area contributed by atoms with Crippen molar-refractivity contribution in [1.29, 1.82) is 0 Å². The van der Waals surface area contributed by atoms with E-state index in [-0.39, 0.29) is 16.8 Å². The molecule has 3 N–H and O–H groups in total. The van der Waals surface area contributed by atoms with Crippen LogP contribution in [0.1, 0.15) is 41.1 Å². The van der Waals surface area contributed by atoms with Gasteiger partial charge in [-0.3, -0.25) is 14.4 Å². The van der Waals surface area contributed by atoms with Gasteiger partial charge in [-0.2, -0.15) is 0 Å². The van der Waals surface area contributed by atoms with E-state index in [4.69, 9.17) is 5.73 Å². The summed E-state index contributed by atoms with van der Waals surface area (Å²) < 4.78 is 0. The van der Waals surface area contributed by atoms with E-state index in [1.807, 2.05) is 0 Å². The van der Waals surface area contributed by atoms with Gasteiger partial charge in [-0.05, 0) is 19.9 Å². The Bertz CT molecular complexity index is 916. The summed E-state index contributed by atoms with van der Waals surface area (Å²) in [5, 5.41) is 3.00. The Hall–Kier alpha value is -2.87. The second kappa shape index (κ2) is 5.64. The quantitative estimate of drug-likeness (QED) is 0.653. The van der Waals surface area contributed by atoms with Crippen LogP contribution in [0.4, 0.5) is 10.5 Å². The summed E-state index contributed by atoms with van der Waals surface area (Å²) in [6, 6.07) is 3.58. The summed E-state index contributed by atoms with van der Waals surface area (Å²) in [6.07, 6.45) is 0. The number of hydrogen-bond donors (Lipinski definition) is 2. The maximum atomic E-state index is 12.7. The number of urea groups is 1. The van der Waals surface area contributed by atoms with Crippen LogP contribution >= 0.6 is 11.3 Å². The van der Waals surface area contributed by atoms with Crippen molar-refractivity contribution in [2.24, 2.45) is 11.7 Å². The number of anilines is 1. The minimum Gasteiger partial charge on any atom is -0.351 e. The van der Waals surface area contributed by atoms with Gasteiger partial charge in [-0.1, -0.05) is 12.1 Å². The SMILES string of the molecule is Cc1nc(C)c(C(=O)C2C(=O)c3cccc(NC(N)=O)c3C2=O)s1. The van der Waals surface area contributed by atoms with E-state index in [1.165, 1.54) is 18.2 Å². The summed E-state index contributed by atoms with van der Waals surface area (Å²) in [4.78, 5) is 53.5. The Balaban J connectivity index is 2.06. The summed E-state index contributed by atoms with van der Waals surface area (Å²) >= 11 is 1.15. The molecule has 1 aliphatic carbocycles. The number of Topliss-reactive ketones (excluding diaryl/α,β-unsaturated/α-hetero) is 3. The van der Waals surface area contributed by atoms with Crippen molar-refractivity contribution in [3.8, 4) is 0 Å². The minimum atomic E-state index is -1.44. The van der Waals surface area contributed by atoms with Crippen LogP contribution < -0.4 is 11.1 Å². The van der Waals surface area contributed by atoms with Crippen molar-refractivity contribution in [3.05, 3.63) is 44.9 Å². The van der Waals surface area contributed by atoms with E-state index in [9.17, 15) is 19.2 Å². The average Bonchev–Trinajstić information content (AvgIpc) is 2.96. The first-order valence-electron chi connectivity index (χ1n) is 7.07. The molecule has 1 aliphatic rings. The van der Waals surface area contributed by atoms with E-state index >= 15 is 0 Å². The van der Waals surface area contributed by atoms with Crippen LogP contribution in [0.15, 0.2) is 18.2 Å². The Kier molecular flexibility index (Phi) is 3.76. The molecule has 24 heavy (non-hydrogen) atoms. The molecule has 0 spiro atoms. The molecule has 0 radical (unpaired) electrons. The molecule has 2 aromatic rings. The van der Waals surface area contributed by atoms with Gasteiger partial charge in [-0.15, -0.1) is 11.3 Å². The Morgan fingerprint density at radius 2 is 1.92 bits per heavy atom. The molecular formula is C16H13N3O4S. The number of amides is 2. The number of primary amides is 1. The smallest absolute Gasteiger partial charge is 0.316 e. The molecule has 0 fully saturated rings. The van der Waals surface area contributed by atoms with Crippen molar-refractivity contribution >= 4 is 40.4 Å². The third kappa shape index (κ3) is 2.41. The molecule has 1 unspecified atom stereocenters. The summed E-state index contributed by atoms with van der Waals surface area (Å²) in [5.74, 6) is -3.20. The number of ketones is 3. The van der Waals surface area contributed by atoms with Crippen LogP contribution in [0, 0.1) is 19.8 Å². The zero-order valence-corrected chi connectivity index (χ0v) is 13.7. The first-order valence-corrected chi connectivity index (χ1v) is 7.89. The molecule has 7 nitrogen and oxygen atoms in total. The molecular weight excluding hydrogens is 330 g/mol. The Morgan fingerprint density at radius 3 is 2.50 bits per heavy atom. The van der Waals surface area contributed by atoms with Gasteiger partial charge >= 0.3 is 6.03 Å². The predicted octanol–water partition coefficient (Wildman–Crippen LogP) is 2.13. The highest BCUT2D eigenvalue weighted by molar-refractivity contribution is 7.13. The number of aromatic nitrogens is 1. The van der Waals surface area contributed by atoms with E-state index in [1.54, 1.807) is 13.8 Å². The van der Waals surface area contributed by atoms with Gasteiger partial charge in [0.05, 0.1) is 26.8 Å².